The first-order valence-electron chi connectivity index (χ1n) is 9.02. The van der Waals surface area contributed by atoms with Crippen molar-refractivity contribution in [2.45, 2.75) is 25.2 Å². The zero-order valence-electron chi connectivity index (χ0n) is 14.8. The summed E-state index contributed by atoms with van der Waals surface area (Å²) in [5.41, 5.74) is 3.31. The highest BCUT2D eigenvalue weighted by Crippen LogP contribution is 2.50. The predicted molar refractivity (Wildman–Crippen MR) is 102 cm³/mol. The molecule has 2 N–H and O–H groups in total. The highest BCUT2D eigenvalue weighted by Gasteiger charge is 2.54. The molecule has 134 valence electrons. The second-order valence-electron chi connectivity index (χ2n) is 6.93. The quantitative estimate of drug-likeness (QED) is 0.739. The average Bonchev–Trinajstić information content (AvgIpc) is 3.22. The van der Waals surface area contributed by atoms with Crippen LogP contribution in [0.5, 0.6) is 0 Å². The van der Waals surface area contributed by atoms with Gasteiger partial charge in [0, 0.05) is 17.7 Å². The Hall–Kier alpha value is -3.41. The second-order valence-corrected chi connectivity index (χ2v) is 6.93. The summed E-state index contributed by atoms with van der Waals surface area (Å²) in [7, 11) is 0. The minimum atomic E-state index is -1.03. The molecule has 0 saturated heterocycles. The van der Waals surface area contributed by atoms with Gasteiger partial charge in [0.2, 0.25) is 11.8 Å². The molecule has 2 amide bonds. The van der Waals surface area contributed by atoms with E-state index in [-0.39, 0.29) is 18.2 Å². The number of rotatable bonds is 2. The summed E-state index contributed by atoms with van der Waals surface area (Å²) >= 11 is 0. The van der Waals surface area contributed by atoms with E-state index in [1.54, 1.807) is 10.9 Å². The van der Waals surface area contributed by atoms with Gasteiger partial charge in [-0.15, -0.1) is 0 Å². The number of anilines is 2. The Kier molecular flexibility index (Phi) is 3.25. The van der Waals surface area contributed by atoms with Gasteiger partial charge in [-0.3, -0.25) is 9.59 Å². The van der Waals surface area contributed by atoms with E-state index in [1.807, 2.05) is 48.5 Å². The van der Waals surface area contributed by atoms with Crippen LogP contribution in [0.3, 0.4) is 0 Å². The maximum Gasteiger partial charge on any atom is 0.240 e. The number of benzene rings is 2. The molecule has 1 atom stereocenters. The molecule has 1 aromatic heterocycles. The zero-order valence-corrected chi connectivity index (χ0v) is 14.8. The maximum atomic E-state index is 13.1. The van der Waals surface area contributed by atoms with Crippen molar-refractivity contribution in [3.8, 4) is 5.69 Å². The molecule has 2 aliphatic heterocycles. The molecule has 0 saturated carbocycles. The fourth-order valence-electron chi connectivity index (χ4n) is 4.25. The fraction of sp³-hybridized carbons (Fsp3) is 0.190. The highest BCUT2D eigenvalue weighted by atomic mass is 16.2. The Balaban J connectivity index is 1.77. The Morgan fingerprint density at radius 1 is 1.04 bits per heavy atom. The minimum absolute atomic E-state index is 0.0734. The standard InChI is InChI=1S/C21H18N4O2/c1-2-13-7-3-6-10-17(13)25-19-15(12-22-25)21(11-18(26)24-19)14-8-4-5-9-16(14)23-20(21)27/h3-10,12H,2,11H2,1H3,(H,23,27)(H,24,26)/t21-/m1/s1. The topological polar surface area (TPSA) is 76.0 Å². The molecule has 0 bridgehead atoms. The molecule has 0 aliphatic carbocycles. The number of para-hydroxylation sites is 2. The second kappa shape index (κ2) is 5.54. The van der Waals surface area contributed by atoms with Crippen LogP contribution in [0.15, 0.2) is 54.7 Å². The van der Waals surface area contributed by atoms with Crippen molar-refractivity contribution in [3.05, 3.63) is 71.4 Å². The fourth-order valence-corrected chi connectivity index (χ4v) is 4.25. The number of aryl methyl sites for hydroxylation is 1. The molecular weight excluding hydrogens is 340 g/mol. The summed E-state index contributed by atoms with van der Waals surface area (Å²) in [5, 5.41) is 10.4. The van der Waals surface area contributed by atoms with Crippen molar-refractivity contribution < 1.29 is 9.59 Å². The van der Waals surface area contributed by atoms with Crippen LogP contribution in [0.4, 0.5) is 11.5 Å². The summed E-state index contributed by atoms with van der Waals surface area (Å²) in [4.78, 5) is 25.7. The number of hydrogen-bond acceptors (Lipinski definition) is 3. The van der Waals surface area contributed by atoms with Crippen molar-refractivity contribution in [2.24, 2.45) is 0 Å². The molecule has 6 nitrogen and oxygen atoms in total. The van der Waals surface area contributed by atoms with Crippen molar-refractivity contribution >= 4 is 23.3 Å². The number of amides is 2. The first-order chi connectivity index (χ1) is 13.1. The van der Waals surface area contributed by atoms with Gasteiger partial charge in [-0.1, -0.05) is 43.3 Å². The largest absolute Gasteiger partial charge is 0.325 e. The van der Waals surface area contributed by atoms with Crippen LogP contribution in [0.2, 0.25) is 0 Å². The van der Waals surface area contributed by atoms with Gasteiger partial charge in [0.05, 0.1) is 11.9 Å². The van der Waals surface area contributed by atoms with Gasteiger partial charge in [0.1, 0.15) is 11.2 Å². The van der Waals surface area contributed by atoms with E-state index >= 15 is 0 Å². The van der Waals surface area contributed by atoms with Crippen LogP contribution in [0, 0.1) is 0 Å². The van der Waals surface area contributed by atoms with Crippen molar-refractivity contribution in [1.29, 1.82) is 0 Å². The molecule has 5 rings (SSSR count). The van der Waals surface area contributed by atoms with Gasteiger partial charge >= 0.3 is 0 Å². The molecular formula is C21H18N4O2. The SMILES string of the molecule is CCc1ccccc1-n1ncc2c1NC(=O)C[C@]21C(=O)Nc2ccccc21. The van der Waals surface area contributed by atoms with Gasteiger partial charge in [0.25, 0.3) is 0 Å². The lowest BCUT2D eigenvalue weighted by Crippen LogP contribution is -2.43. The van der Waals surface area contributed by atoms with E-state index in [2.05, 4.69) is 22.7 Å². The Morgan fingerprint density at radius 3 is 2.67 bits per heavy atom. The molecule has 6 heteroatoms. The summed E-state index contributed by atoms with van der Waals surface area (Å²) in [5.74, 6) is 0.201. The lowest BCUT2D eigenvalue weighted by molar-refractivity contribution is -0.125. The van der Waals surface area contributed by atoms with Crippen molar-refractivity contribution in [2.75, 3.05) is 10.6 Å². The smallest absolute Gasteiger partial charge is 0.240 e. The molecule has 2 aliphatic rings. The third kappa shape index (κ3) is 2.04. The molecule has 0 unspecified atom stereocenters. The van der Waals surface area contributed by atoms with Crippen molar-refractivity contribution in [1.82, 2.24) is 9.78 Å². The van der Waals surface area contributed by atoms with Gasteiger partial charge < -0.3 is 10.6 Å². The summed E-state index contributed by atoms with van der Waals surface area (Å²) in [6.07, 6.45) is 2.63. The minimum Gasteiger partial charge on any atom is -0.325 e. The molecule has 3 heterocycles. The van der Waals surface area contributed by atoms with Crippen LogP contribution in [-0.4, -0.2) is 21.6 Å². The molecule has 27 heavy (non-hydrogen) atoms. The van der Waals surface area contributed by atoms with Crippen LogP contribution < -0.4 is 10.6 Å². The normalized spacial score (nSPS) is 20.2. The van der Waals surface area contributed by atoms with Crippen molar-refractivity contribution in [3.63, 3.8) is 0 Å². The third-order valence-corrected chi connectivity index (χ3v) is 5.54. The zero-order chi connectivity index (χ0) is 18.6. The first kappa shape index (κ1) is 15.8. The number of carbonyl (C=O) groups is 2. The number of carbonyl (C=O) groups excluding carboxylic acids is 2. The van der Waals surface area contributed by atoms with Gasteiger partial charge in [-0.05, 0) is 29.7 Å². The Morgan fingerprint density at radius 2 is 1.81 bits per heavy atom. The first-order valence-corrected chi connectivity index (χ1v) is 9.02. The highest BCUT2D eigenvalue weighted by molar-refractivity contribution is 6.14. The van der Waals surface area contributed by atoms with Crippen LogP contribution in [-0.2, 0) is 21.4 Å². The van der Waals surface area contributed by atoms with Crippen LogP contribution in [0.1, 0.15) is 30.0 Å². The van der Waals surface area contributed by atoms with E-state index in [0.717, 1.165) is 34.5 Å². The van der Waals surface area contributed by atoms with E-state index in [0.29, 0.717) is 5.82 Å². The lowest BCUT2D eigenvalue weighted by atomic mass is 9.72. The summed E-state index contributed by atoms with van der Waals surface area (Å²) in [6.45, 7) is 2.08. The molecule has 2 aromatic carbocycles. The Bertz CT molecular complexity index is 1100. The summed E-state index contributed by atoms with van der Waals surface area (Å²) in [6, 6.07) is 15.5. The molecule has 1 spiro atoms. The van der Waals surface area contributed by atoms with E-state index in [9.17, 15) is 9.59 Å². The number of aromatic nitrogens is 2. The lowest BCUT2D eigenvalue weighted by Gasteiger charge is -2.31. The number of fused-ring (bicyclic) bond motifs is 4. The van der Waals surface area contributed by atoms with Crippen LogP contribution >= 0.6 is 0 Å². The predicted octanol–water partition coefficient (Wildman–Crippen LogP) is 3.02. The average molecular weight is 358 g/mol. The molecule has 0 fully saturated rings. The van der Waals surface area contributed by atoms with Gasteiger partial charge in [0.15, 0.2) is 0 Å². The van der Waals surface area contributed by atoms with E-state index in [4.69, 9.17) is 0 Å². The van der Waals surface area contributed by atoms with E-state index in [1.165, 1.54) is 0 Å². The summed E-state index contributed by atoms with van der Waals surface area (Å²) < 4.78 is 1.74. The van der Waals surface area contributed by atoms with E-state index < -0.39 is 5.41 Å². The third-order valence-electron chi connectivity index (χ3n) is 5.54. The van der Waals surface area contributed by atoms with Gasteiger partial charge in [-0.2, -0.15) is 5.10 Å². The number of hydrogen-bond donors (Lipinski definition) is 2. The number of nitrogens with one attached hydrogen (secondary N) is 2. The molecule has 0 radical (unpaired) electrons. The van der Waals surface area contributed by atoms with Crippen LogP contribution in [0.25, 0.3) is 5.69 Å². The maximum absolute atomic E-state index is 13.1. The monoisotopic (exact) mass is 358 g/mol. The van der Waals surface area contributed by atoms with Gasteiger partial charge in [-0.25, -0.2) is 4.68 Å². The Labute approximate surface area is 156 Å². The number of nitrogens with zero attached hydrogens (tertiary/aromatic N) is 2. The molecule has 3 aromatic rings.